The molecule has 0 aliphatic rings. The number of carbonyl (C=O) groups excluding carboxylic acids is 1. The van der Waals surface area contributed by atoms with E-state index in [0.29, 0.717) is 6.42 Å². The number of hydrogen-bond donors (Lipinski definition) is 1. The van der Waals surface area contributed by atoms with Crippen molar-refractivity contribution in [3.05, 3.63) is 35.9 Å². The first kappa shape index (κ1) is 13.4. The fraction of sp³-hybridized carbons (Fsp3) is 0.385. The van der Waals surface area contributed by atoms with Gasteiger partial charge in [-0.05, 0) is 18.4 Å². The highest BCUT2D eigenvalue weighted by atomic mass is 16.5. The SMILES string of the molecule is O=CC[C@H](CCc1ccccc1)OCC(=O)O. The van der Waals surface area contributed by atoms with Crippen molar-refractivity contribution in [3.63, 3.8) is 0 Å². The highest BCUT2D eigenvalue weighted by molar-refractivity contribution is 5.68. The maximum Gasteiger partial charge on any atom is 0.329 e. The Hall–Kier alpha value is -1.68. The van der Waals surface area contributed by atoms with E-state index in [4.69, 9.17) is 9.84 Å². The van der Waals surface area contributed by atoms with Crippen LogP contribution in [0.1, 0.15) is 18.4 Å². The number of aryl methyl sites for hydroxylation is 1. The molecule has 0 aliphatic carbocycles. The Bertz CT molecular complexity index is 348. The summed E-state index contributed by atoms with van der Waals surface area (Å²) in [6.45, 7) is -0.354. The smallest absolute Gasteiger partial charge is 0.329 e. The zero-order chi connectivity index (χ0) is 12.5. The molecule has 0 unspecified atom stereocenters. The van der Waals surface area contributed by atoms with E-state index in [1.807, 2.05) is 30.3 Å². The van der Waals surface area contributed by atoms with Crippen LogP contribution in [0.5, 0.6) is 0 Å². The first-order chi connectivity index (χ1) is 8.22. The molecule has 17 heavy (non-hydrogen) atoms. The minimum atomic E-state index is -1.01. The first-order valence-corrected chi connectivity index (χ1v) is 5.53. The summed E-state index contributed by atoms with van der Waals surface area (Å²) in [4.78, 5) is 20.8. The minimum absolute atomic E-state index is 0.236. The first-order valence-electron chi connectivity index (χ1n) is 5.53. The highest BCUT2D eigenvalue weighted by Gasteiger charge is 2.10. The van der Waals surface area contributed by atoms with Crippen molar-refractivity contribution in [2.45, 2.75) is 25.4 Å². The summed E-state index contributed by atoms with van der Waals surface area (Å²) in [5.74, 6) is -1.01. The van der Waals surface area contributed by atoms with Crippen LogP contribution < -0.4 is 0 Å². The van der Waals surface area contributed by atoms with Gasteiger partial charge in [-0.25, -0.2) is 4.79 Å². The van der Waals surface area contributed by atoms with Gasteiger partial charge in [-0.1, -0.05) is 30.3 Å². The van der Waals surface area contributed by atoms with Crippen LogP contribution in [0.2, 0.25) is 0 Å². The van der Waals surface area contributed by atoms with Crippen molar-refractivity contribution < 1.29 is 19.4 Å². The van der Waals surface area contributed by atoms with Gasteiger partial charge in [0.1, 0.15) is 12.9 Å². The van der Waals surface area contributed by atoms with Crippen molar-refractivity contribution in [1.82, 2.24) is 0 Å². The average Bonchev–Trinajstić information content (AvgIpc) is 2.34. The lowest BCUT2D eigenvalue weighted by Crippen LogP contribution is -2.19. The normalized spacial score (nSPS) is 12.0. The van der Waals surface area contributed by atoms with Gasteiger partial charge in [0.2, 0.25) is 0 Å². The van der Waals surface area contributed by atoms with Gasteiger partial charge in [-0.3, -0.25) is 0 Å². The van der Waals surface area contributed by atoms with Crippen LogP contribution in [0, 0.1) is 0 Å². The summed E-state index contributed by atoms with van der Waals surface area (Å²) in [6, 6.07) is 9.82. The van der Waals surface area contributed by atoms with Crippen molar-refractivity contribution in [3.8, 4) is 0 Å². The molecule has 4 heteroatoms. The molecule has 0 radical (unpaired) electrons. The van der Waals surface area contributed by atoms with Crippen LogP contribution >= 0.6 is 0 Å². The van der Waals surface area contributed by atoms with Gasteiger partial charge in [-0.15, -0.1) is 0 Å². The molecular weight excluding hydrogens is 220 g/mol. The van der Waals surface area contributed by atoms with E-state index in [-0.39, 0.29) is 19.1 Å². The second-order valence-corrected chi connectivity index (χ2v) is 3.75. The molecule has 0 saturated carbocycles. The van der Waals surface area contributed by atoms with E-state index < -0.39 is 5.97 Å². The summed E-state index contributed by atoms with van der Waals surface area (Å²) in [7, 11) is 0. The molecule has 1 atom stereocenters. The predicted molar refractivity (Wildman–Crippen MR) is 62.8 cm³/mol. The molecule has 92 valence electrons. The Balaban J connectivity index is 2.38. The Kier molecular flexibility index (Phi) is 5.96. The second-order valence-electron chi connectivity index (χ2n) is 3.75. The van der Waals surface area contributed by atoms with Crippen LogP contribution in [0.15, 0.2) is 30.3 Å². The van der Waals surface area contributed by atoms with E-state index >= 15 is 0 Å². The number of rotatable bonds is 8. The van der Waals surface area contributed by atoms with Gasteiger partial charge in [0.25, 0.3) is 0 Å². The monoisotopic (exact) mass is 236 g/mol. The molecule has 0 heterocycles. The number of hydrogen-bond acceptors (Lipinski definition) is 3. The van der Waals surface area contributed by atoms with Crippen LogP contribution in [0.4, 0.5) is 0 Å². The maximum absolute atomic E-state index is 10.4. The molecule has 0 spiro atoms. The summed E-state index contributed by atoms with van der Waals surface area (Å²) in [5, 5.41) is 8.50. The second kappa shape index (κ2) is 7.57. The number of aliphatic carboxylic acids is 1. The molecule has 1 aromatic carbocycles. The molecule has 1 N–H and O–H groups in total. The van der Waals surface area contributed by atoms with E-state index in [9.17, 15) is 9.59 Å². The standard InChI is InChI=1S/C13H16O4/c14-9-8-12(17-10-13(15)16)7-6-11-4-2-1-3-5-11/h1-5,9,12H,6-8,10H2,(H,15,16)/t12-/m0/s1. The lowest BCUT2D eigenvalue weighted by molar-refractivity contribution is -0.145. The Labute approximate surface area is 100 Å². The van der Waals surface area contributed by atoms with Gasteiger partial charge in [0, 0.05) is 6.42 Å². The average molecular weight is 236 g/mol. The molecule has 0 bridgehead atoms. The molecular formula is C13H16O4. The number of benzene rings is 1. The van der Waals surface area contributed by atoms with E-state index in [1.165, 1.54) is 0 Å². The number of carbonyl (C=O) groups is 2. The lowest BCUT2D eigenvalue weighted by Gasteiger charge is -2.13. The lowest BCUT2D eigenvalue weighted by atomic mass is 10.1. The fourth-order valence-electron chi connectivity index (χ4n) is 1.54. The van der Waals surface area contributed by atoms with Crippen LogP contribution in [-0.4, -0.2) is 30.1 Å². The molecule has 0 fully saturated rings. The zero-order valence-electron chi connectivity index (χ0n) is 9.54. The van der Waals surface area contributed by atoms with E-state index in [2.05, 4.69) is 0 Å². The molecule has 4 nitrogen and oxygen atoms in total. The third kappa shape index (κ3) is 5.82. The Morgan fingerprint density at radius 2 is 2.06 bits per heavy atom. The fourth-order valence-corrected chi connectivity index (χ4v) is 1.54. The Morgan fingerprint density at radius 3 is 2.65 bits per heavy atom. The number of aldehydes is 1. The van der Waals surface area contributed by atoms with Gasteiger partial charge < -0.3 is 14.6 Å². The summed E-state index contributed by atoms with van der Waals surface area (Å²) < 4.78 is 5.13. The topological polar surface area (TPSA) is 63.6 Å². The summed E-state index contributed by atoms with van der Waals surface area (Å²) in [5.41, 5.74) is 1.15. The molecule has 1 aromatic rings. The van der Waals surface area contributed by atoms with Crippen molar-refractivity contribution in [1.29, 1.82) is 0 Å². The van der Waals surface area contributed by atoms with E-state index in [1.54, 1.807) is 0 Å². The highest BCUT2D eigenvalue weighted by Crippen LogP contribution is 2.09. The van der Waals surface area contributed by atoms with Crippen LogP contribution in [-0.2, 0) is 20.7 Å². The summed E-state index contributed by atoms with van der Waals surface area (Å²) >= 11 is 0. The number of carboxylic acid groups (broad SMARTS) is 1. The quantitative estimate of drug-likeness (QED) is 0.697. The van der Waals surface area contributed by atoms with E-state index in [0.717, 1.165) is 18.3 Å². The third-order valence-corrected chi connectivity index (χ3v) is 2.40. The van der Waals surface area contributed by atoms with Gasteiger partial charge in [-0.2, -0.15) is 0 Å². The summed E-state index contributed by atoms with van der Waals surface area (Å²) in [6.07, 6.45) is 2.11. The molecule has 0 aliphatic heterocycles. The zero-order valence-corrected chi connectivity index (χ0v) is 9.54. The van der Waals surface area contributed by atoms with Gasteiger partial charge in [0.15, 0.2) is 0 Å². The van der Waals surface area contributed by atoms with Crippen LogP contribution in [0.3, 0.4) is 0 Å². The molecule has 0 amide bonds. The largest absolute Gasteiger partial charge is 0.480 e. The van der Waals surface area contributed by atoms with Gasteiger partial charge in [0.05, 0.1) is 6.10 Å². The van der Waals surface area contributed by atoms with Crippen molar-refractivity contribution >= 4 is 12.3 Å². The van der Waals surface area contributed by atoms with Crippen LogP contribution in [0.25, 0.3) is 0 Å². The number of ether oxygens (including phenoxy) is 1. The van der Waals surface area contributed by atoms with Crippen molar-refractivity contribution in [2.75, 3.05) is 6.61 Å². The predicted octanol–water partition coefficient (Wildman–Crippen LogP) is 1.68. The van der Waals surface area contributed by atoms with Crippen molar-refractivity contribution in [2.24, 2.45) is 0 Å². The minimum Gasteiger partial charge on any atom is -0.480 e. The third-order valence-electron chi connectivity index (χ3n) is 2.40. The molecule has 0 aromatic heterocycles. The molecule has 1 rings (SSSR count). The number of carboxylic acids is 1. The Morgan fingerprint density at radius 1 is 1.35 bits per heavy atom. The maximum atomic E-state index is 10.4. The van der Waals surface area contributed by atoms with Gasteiger partial charge >= 0.3 is 5.97 Å². The molecule has 0 saturated heterocycles.